The van der Waals surface area contributed by atoms with Gasteiger partial charge in [0.05, 0.1) is 6.20 Å². The van der Waals surface area contributed by atoms with Gasteiger partial charge < -0.3 is 15.2 Å². The van der Waals surface area contributed by atoms with Gasteiger partial charge in [0.25, 0.3) is 5.56 Å². The van der Waals surface area contributed by atoms with Crippen LogP contribution >= 0.6 is 0 Å². The van der Waals surface area contributed by atoms with Crippen LogP contribution in [-0.4, -0.2) is 32.8 Å². The highest BCUT2D eigenvalue weighted by Crippen LogP contribution is 2.32. The standard InChI is InChI=1S/C31H30N6O2/c38-30-28(24-5-3-22(4-6-24)26-17-34-39-19-26)15-25-16-33-31(36-29(25)37(30)18-20-1-2-20)35-27-9-7-21(8-10-27)23-11-13-32-14-12-23/h3-10,15-17,19-20,23,32H,1-2,11-14,18H2,(H,33,35,36). The maximum Gasteiger partial charge on any atom is 0.260 e. The number of rotatable bonds is 7. The Balaban J connectivity index is 1.20. The minimum Gasteiger partial charge on any atom is -0.364 e. The Morgan fingerprint density at radius 2 is 1.69 bits per heavy atom. The van der Waals surface area contributed by atoms with E-state index in [2.05, 4.69) is 45.0 Å². The van der Waals surface area contributed by atoms with Crippen molar-refractivity contribution in [1.82, 2.24) is 25.0 Å². The molecule has 0 spiro atoms. The normalized spacial score (nSPS) is 16.0. The number of anilines is 2. The van der Waals surface area contributed by atoms with Crippen molar-refractivity contribution in [2.24, 2.45) is 5.92 Å². The van der Waals surface area contributed by atoms with Crippen molar-refractivity contribution < 1.29 is 4.52 Å². The monoisotopic (exact) mass is 518 g/mol. The predicted octanol–water partition coefficient (Wildman–Crippen LogP) is 5.73. The molecule has 4 heterocycles. The van der Waals surface area contributed by atoms with Crippen LogP contribution in [0, 0.1) is 5.92 Å². The Morgan fingerprint density at radius 1 is 0.923 bits per heavy atom. The zero-order valence-electron chi connectivity index (χ0n) is 21.6. The fraction of sp³-hybridized carbons (Fsp3) is 0.290. The number of benzene rings is 2. The zero-order chi connectivity index (χ0) is 26.2. The summed E-state index contributed by atoms with van der Waals surface area (Å²) in [4.78, 5) is 23.2. The van der Waals surface area contributed by atoms with Crippen LogP contribution < -0.4 is 16.2 Å². The van der Waals surface area contributed by atoms with Crippen LogP contribution in [0.25, 0.3) is 33.3 Å². The fourth-order valence-electron chi connectivity index (χ4n) is 5.47. The molecule has 1 saturated heterocycles. The smallest absolute Gasteiger partial charge is 0.260 e. The summed E-state index contributed by atoms with van der Waals surface area (Å²) in [7, 11) is 0. The van der Waals surface area contributed by atoms with Gasteiger partial charge in [-0.1, -0.05) is 41.6 Å². The van der Waals surface area contributed by atoms with Gasteiger partial charge in [0.15, 0.2) is 0 Å². The lowest BCUT2D eigenvalue weighted by Crippen LogP contribution is -2.26. The molecule has 0 amide bonds. The van der Waals surface area contributed by atoms with Crippen molar-refractivity contribution in [2.75, 3.05) is 18.4 Å². The molecular weight excluding hydrogens is 488 g/mol. The fourth-order valence-corrected chi connectivity index (χ4v) is 5.47. The van der Waals surface area contributed by atoms with Crippen molar-refractivity contribution in [1.29, 1.82) is 0 Å². The molecule has 1 aliphatic carbocycles. The first kappa shape index (κ1) is 23.8. The van der Waals surface area contributed by atoms with Crippen LogP contribution in [0.5, 0.6) is 0 Å². The van der Waals surface area contributed by atoms with E-state index in [1.54, 1.807) is 12.5 Å². The summed E-state index contributed by atoms with van der Waals surface area (Å²) in [5.41, 5.74) is 6.36. The summed E-state index contributed by atoms with van der Waals surface area (Å²) in [6.45, 7) is 2.83. The lowest BCUT2D eigenvalue weighted by Gasteiger charge is -2.23. The van der Waals surface area contributed by atoms with Gasteiger partial charge in [0.1, 0.15) is 11.9 Å². The Morgan fingerprint density at radius 3 is 2.41 bits per heavy atom. The van der Waals surface area contributed by atoms with Gasteiger partial charge >= 0.3 is 0 Å². The molecule has 39 heavy (non-hydrogen) atoms. The second-order valence-electron chi connectivity index (χ2n) is 10.7. The zero-order valence-corrected chi connectivity index (χ0v) is 21.6. The van der Waals surface area contributed by atoms with Crippen LogP contribution in [-0.2, 0) is 6.54 Å². The SMILES string of the molecule is O=c1c(-c2ccc(-c3cnoc3)cc2)cc2cnc(Nc3ccc(C4CCNCC4)cc3)nc2n1CC1CC1. The summed E-state index contributed by atoms with van der Waals surface area (Å²) >= 11 is 0. The summed E-state index contributed by atoms with van der Waals surface area (Å²) in [6.07, 6.45) is 9.74. The number of hydrogen-bond acceptors (Lipinski definition) is 7. The first-order valence-corrected chi connectivity index (χ1v) is 13.7. The summed E-state index contributed by atoms with van der Waals surface area (Å²) in [5, 5.41) is 11.4. The summed E-state index contributed by atoms with van der Waals surface area (Å²) < 4.78 is 6.80. The van der Waals surface area contributed by atoms with E-state index in [0.29, 0.717) is 35.5 Å². The molecular formula is C31H30N6O2. The largest absolute Gasteiger partial charge is 0.364 e. The van der Waals surface area contributed by atoms with Gasteiger partial charge in [0.2, 0.25) is 5.95 Å². The second kappa shape index (κ2) is 10.1. The quantitative estimate of drug-likeness (QED) is 0.284. The Kier molecular flexibility index (Phi) is 6.17. The lowest BCUT2D eigenvalue weighted by atomic mass is 9.90. The minimum absolute atomic E-state index is 0.0249. The molecule has 8 heteroatoms. The number of piperidine rings is 1. The number of nitrogens with one attached hydrogen (secondary N) is 2. The van der Waals surface area contributed by atoms with E-state index in [0.717, 1.165) is 53.7 Å². The van der Waals surface area contributed by atoms with Gasteiger partial charge in [-0.2, -0.15) is 4.98 Å². The minimum atomic E-state index is -0.0249. The highest BCUT2D eigenvalue weighted by Gasteiger charge is 2.24. The van der Waals surface area contributed by atoms with Crippen molar-refractivity contribution in [3.63, 3.8) is 0 Å². The molecule has 2 aliphatic rings. The van der Waals surface area contributed by atoms with E-state index < -0.39 is 0 Å². The first-order valence-electron chi connectivity index (χ1n) is 13.7. The molecule has 3 aromatic heterocycles. The number of nitrogens with zero attached hydrogens (tertiary/aromatic N) is 4. The van der Waals surface area contributed by atoms with E-state index in [4.69, 9.17) is 9.51 Å². The van der Waals surface area contributed by atoms with Crippen LogP contribution in [0.1, 0.15) is 37.2 Å². The second-order valence-corrected chi connectivity index (χ2v) is 10.7. The maximum atomic E-state index is 13.8. The average molecular weight is 519 g/mol. The topological polar surface area (TPSA) is 97.9 Å². The number of aromatic nitrogens is 4. The Labute approximate surface area is 226 Å². The average Bonchev–Trinajstić information content (AvgIpc) is 3.64. The molecule has 2 aromatic carbocycles. The molecule has 2 fully saturated rings. The predicted molar refractivity (Wildman–Crippen MR) is 152 cm³/mol. The molecule has 0 bridgehead atoms. The third-order valence-electron chi connectivity index (χ3n) is 7.90. The third-order valence-corrected chi connectivity index (χ3v) is 7.90. The Bertz CT molecular complexity index is 1650. The van der Waals surface area contributed by atoms with E-state index in [-0.39, 0.29) is 5.56 Å². The number of pyridine rings is 1. The molecule has 5 aromatic rings. The number of hydrogen-bond donors (Lipinski definition) is 2. The van der Waals surface area contributed by atoms with Crippen molar-refractivity contribution in [2.45, 2.75) is 38.1 Å². The highest BCUT2D eigenvalue weighted by molar-refractivity contribution is 5.82. The Hall–Kier alpha value is -4.30. The molecule has 8 nitrogen and oxygen atoms in total. The molecule has 196 valence electrons. The van der Waals surface area contributed by atoms with Crippen molar-refractivity contribution >= 4 is 22.7 Å². The van der Waals surface area contributed by atoms with Gasteiger partial charge in [0, 0.05) is 34.9 Å². The van der Waals surface area contributed by atoms with E-state index in [1.807, 2.05) is 41.1 Å². The van der Waals surface area contributed by atoms with E-state index in [9.17, 15) is 4.79 Å². The van der Waals surface area contributed by atoms with Crippen molar-refractivity contribution in [3.8, 4) is 22.3 Å². The van der Waals surface area contributed by atoms with Gasteiger partial charge in [-0.15, -0.1) is 0 Å². The molecule has 1 aliphatic heterocycles. The van der Waals surface area contributed by atoms with E-state index in [1.165, 1.54) is 18.4 Å². The lowest BCUT2D eigenvalue weighted by molar-refractivity contribution is 0.420. The van der Waals surface area contributed by atoms with Crippen LogP contribution in [0.2, 0.25) is 0 Å². The first-order chi connectivity index (χ1) is 19.2. The van der Waals surface area contributed by atoms with Crippen LogP contribution in [0.4, 0.5) is 11.6 Å². The molecule has 1 saturated carbocycles. The molecule has 0 unspecified atom stereocenters. The molecule has 2 N–H and O–H groups in total. The van der Waals surface area contributed by atoms with Gasteiger partial charge in [-0.05, 0) is 85.5 Å². The molecule has 0 radical (unpaired) electrons. The van der Waals surface area contributed by atoms with Crippen molar-refractivity contribution in [3.05, 3.63) is 89.2 Å². The molecule has 0 atom stereocenters. The summed E-state index contributed by atoms with van der Waals surface area (Å²) in [6, 6.07) is 18.4. The maximum absolute atomic E-state index is 13.8. The highest BCUT2D eigenvalue weighted by atomic mass is 16.5. The third kappa shape index (κ3) is 4.95. The van der Waals surface area contributed by atoms with E-state index >= 15 is 0 Å². The summed E-state index contributed by atoms with van der Waals surface area (Å²) in [5.74, 6) is 1.63. The van der Waals surface area contributed by atoms with Crippen LogP contribution in [0.3, 0.4) is 0 Å². The molecule has 7 rings (SSSR count). The van der Waals surface area contributed by atoms with Gasteiger partial charge in [-0.3, -0.25) is 9.36 Å². The van der Waals surface area contributed by atoms with Gasteiger partial charge in [-0.25, -0.2) is 4.98 Å². The number of fused-ring (bicyclic) bond motifs is 1. The van der Waals surface area contributed by atoms with Crippen LogP contribution in [0.15, 0.2) is 82.6 Å².